The lowest BCUT2D eigenvalue weighted by Crippen LogP contribution is -2.57. The predicted molar refractivity (Wildman–Crippen MR) is 256 cm³/mol. The highest BCUT2D eigenvalue weighted by Crippen LogP contribution is 2.36. The number of rotatable bonds is 19. The van der Waals surface area contributed by atoms with E-state index in [4.69, 9.17) is 16.3 Å². The number of phenolic OH excluding ortho intramolecular Hbond substituents is 1. The number of nitrogens with zero attached hydrogens (tertiary/aromatic N) is 2. The molecule has 6 rings (SSSR count). The lowest BCUT2D eigenvalue weighted by molar-refractivity contribution is -0.144. The molecule has 0 spiro atoms. The number of hydrogen-bond acceptors (Lipinski definition) is 9. The number of benzene rings is 4. The molecule has 12 nitrogen and oxygen atoms in total. The molecular weight excluding hydrogens is 862 g/mol. The quantitative estimate of drug-likeness (QED) is 0.0317. The van der Waals surface area contributed by atoms with Gasteiger partial charge < -0.3 is 35.8 Å². The van der Waals surface area contributed by atoms with Gasteiger partial charge in [-0.2, -0.15) is 0 Å². The van der Waals surface area contributed by atoms with E-state index in [0.717, 1.165) is 49.5 Å². The van der Waals surface area contributed by atoms with Crippen LogP contribution in [0, 0.1) is 12.3 Å². The Balaban J connectivity index is 0.956. The van der Waals surface area contributed by atoms with Crippen LogP contribution in [0.5, 0.6) is 11.5 Å². The zero-order chi connectivity index (χ0) is 46.5. The third-order valence-electron chi connectivity index (χ3n) is 11.3. The Kier molecular flexibility index (Phi) is 16.9. The molecule has 342 valence electrons. The third kappa shape index (κ3) is 13.3. The number of allylic oxidation sites excluding steroid dienone is 1. The highest BCUT2D eigenvalue weighted by atomic mass is 35.5. The predicted octanol–water partition coefficient (Wildman–Crippen LogP) is 7.89. The van der Waals surface area contributed by atoms with Gasteiger partial charge in [-0.1, -0.05) is 99.6 Å². The first-order chi connectivity index (χ1) is 31.2. The lowest BCUT2D eigenvalue weighted by atomic mass is 9.85. The number of aromatic hydroxyl groups is 1. The van der Waals surface area contributed by atoms with Crippen LogP contribution in [-0.2, 0) is 25.7 Å². The second-order valence-electron chi connectivity index (χ2n) is 17.2. The van der Waals surface area contributed by atoms with Crippen LogP contribution in [0.2, 0.25) is 0 Å². The fourth-order valence-corrected chi connectivity index (χ4v) is 8.88. The number of carbonyl (C=O) groups excluding carboxylic acids is 4. The molecule has 0 aliphatic carbocycles. The Hall–Kier alpha value is -6.02. The molecule has 1 aliphatic heterocycles. The number of nitrogens with one attached hydrogen (secondary N) is 3. The summed E-state index contributed by atoms with van der Waals surface area (Å²) in [5, 5.41) is 29.2. The Morgan fingerprint density at radius 3 is 2.15 bits per heavy atom. The average molecular weight is 921 g/mol. The van der Waals surface area contributed by atoms with Gasteiger partial charge in [-0.25, -0.2) is 4.98 Å². The van der Waals surface area contributed by atoms with Crippen LogP contribution in [0.25, 0.3) is 21.6 Å². The maximum Gasteiger partial charge on any atom is 0.246 e. The van der Waals surface area contributed by atoms with Crippen LogP contribution < -0.4 is 20.7 Å². The summed E-state index contributed by atoms with van der Waals surface area (Å²) in [5.74, 6) is -0.203. The van der Waals surface area contributed by atoms with E-state index in [2.05, 4.69) is 33.1 Å². The second kappa shape index (κ2) is 22.7. The summed E-state index contributed by atoms with van der Waals surface area (Å²) in [6.45, 7) is 8.16. The van der Waals surface area contributed by atoms with E-state index in [-0.39, 0.29) is 69.5 Å². The SMILES string of the molecule is Cc1ncsc1-c1ccc(CNC(=O)[C@@H]2C[C@@H](O)CN2C(=O)[C@@H](NC(=O)CCCC(=O)NCCOc2ccc(C(=C(CCCl)c3ccccc3)c3ccc(O)cc3)cc2)C(C)(C)C)cc1. The number of amides is 4. The molecule has 0 radical (unpaired) electrons. The third-order valence-corrected chi connectivity index (χ3v) is 12.4. The van der Waals surface area contributed by atoms with Crippen molar-refractivity contribution in [2.45, 2.75) is 84.5 Å². The van der Waals surface area contributed by atoms with Gasteiger partial charge in [0.2, 0.25) is 23.6 Å². The number of likely N-dealkylation sites (tertiary alicyclic amines) is 1. The van der Waals surface area contributed by atoms with Crippen molar-refractivity contribution in [1.29, 1.82) is 0 Å². The molecule has 4 aromatic carbocycles. The molecule has 4 amide bonds. The molecule has 1 aliphatic rings. The van der Waals surface area contributed by atoms with E-state index >= 15 is 0 Å². The van der Waals surface area contributed by atoms with Crippen molar-refractivity contribution in [3.63, 3.8) is 0 Å². The largest absolute Gasteiger partial charge is 0.508 e. The number of carbonyl (C=O) groups is 4. The van der Waals surface area contributed by atoms with E-state index in [9.17, 15) is 29.4 Å². The van der Waals surface area contributed by atoms with Crippen molar-refractivity contribution in [2.24, 2.45) is 5.41 Å². The normalized spacial score (nSPS) is 15.8. The monoisotopic (exact) mass is 919 g/mol. The molecule has 1 saturated heterocycles. The molecule has 2 heterocycles. The van der Waals surface area contributed by atoms with Gasteiger partial charge in [-0.15, -0.1) is 22.9 Å². The second-order valence-corrected chi connectivity index (χ2v) is 18.5. The van der Waals surface area contributed by atoms with Crippen LogP contribution in [0.3, 0.4) is 0 Å². The van der Waals surface area contributed by atoms with Gasteiger partial charge in [-0.05, 0) is 88.4 Å². The number of aliphatic hydroxyl groups is 1. The number of phenols is 1. The van der Waals surface area contributed by atoms with Gasteiger partial charge in [0.05, 0.1) is 28.7 Å². The number of aliphatic hydroxyl groups excluding tert-OH is 1. The summed E-state index contributed by atoms with van der Waals surface area (Å²) in [4.78, 5) is 60.1. The van der Waals surface area contributed by atoms with Crippen molar-refractivity contribution in [2.75, 3.05) is 25.6 Å². The van der Waals surface area contributed by atoms with Crippen LogP contribution in [-0.4, -0.2) is 87.5 Å². The molecule has 65 heavy (non-hydrogen) atoms. The first-order valence-corrected chi connectivity index (χ1v) is 23.3. The summed E-state index contributed by atoms with van der Waals surface area (Å²) in [5.41, 5.74) is 9.03. The van der Waals surface area contributed by atoms with Gasteiger partial charge >= 0.3 is 0 Å². The fraction of sp³-hybridized carbons (Fsp3) is 0.353. The average Bonchev–Trinajstić information content (AvgIpc) is 3.92. The van der Waals surface area contributed by atoms with Crippen LogP contribution in [0.1, 0.15) is 80.8 Å². The minimum Gasteiger partial charge on any atom is -0.508 e. The smallest absolute Gasteiger partial charge is 0.246 e. The Morgan fingerprint density at radius 2 is 1.52 bits per heavy atom. The number of thiazole rings is 1. The van der Waals surface area contributed by atoms with Crippen molar-refractivity contribution in [1.82, 2.24) is 25.8 Å². The minimum absolute atomic E-state index is 0.0154. The standard InChI is InChI=1S/C51H58ClN5O7S/c1-33-47(65-32-55-33)38-15-13-34(14-16-38)30-54-49(62)43-29-40(59)31-57(43)50(63)48(51(2,3)4)56-45(61)12-8-11-44(60)53-27-28-64-41-23-19-37(20-24-41)46(36-17-21-39(58)22-18-36)42(25-26-52)35-9-6-5-7-10-35/h5-7,9-10,13-24,32,40,43,48,58-59H,8,11-12,25-31H2,1-4H3,(H,53,60)(H,54,62)(H,56,61)/t40-,43+,48-/m1/s1. The maximum absolute atomic E-state index is 14.0. The summed E-state index contributed by atoms with van der Waals surface area (Å²) in [7, 11) is 0. The Labute approximate surface area is 390 Å². The Morgan fingerprint density at radius 1 is 0.862 bits per heavy atom. The van der Waals surface area contributed by atoms with E-state index in [0.29, 0.717) is 18.1 Å². The summed E-state index contributed by atoms with van der Waals surface area (Å²) >= 11 is 7.86. The van der Waals surface area contributed by atoms with Crippen LogP contribution >= 0.6 is 22.9 Å². The molecule has 14 heteroatoms. The van der Waals surface area contributed by atoms with Gasteiger partial charge in [0.15, 0.2) is 0 Å². The number of β-amino-alcohol motifs (C(OH)–C–C–N with tert-alkyl or cyclic N) is 1. The highest BCUT2D eigenvalue weighted by Gasteiger charge is 2.44. The topological polar surface area (TPSA) is 170 Å². The zero-order valence-corrected chi connectivity index (χ0v) is 38.9. The van der Waals surface area contributed by atoms with E-state index in [1.54, 1.807) is 23.5 Å². The number of ether oxygens (including phenoxy) is 1. The van der Waals surface area contributed by atoms with E-state index < -0.39 is 35.4 Å². The van der Waals surface area contributed by atoms with Crippen LogP contribution in [0.15, 0.2) is 109 Å². The minimum atomic E-state index is -0.967. The molecule has 5 N–H and O–H groups in total. The van der Waals surface area contributed by atoms with E-state index in [1.807, 2.05) is 112 Å². The number of aromatic nitrogens is 1. The van der Waals surface area contributed by atoms with Gasteiger partial charge in [0, 0.05) is 38.2 Å². The fourth-order valence-electron chi connectivity index (χ4n) is 7.88. The first kappa shape index (κ1) is 48.4. The zero-order valence-electron chi connectivity index (χ0n) is 37.3. The molecule has 3 atom stereocenters. The molecule has 0 saturated carbocycles. The number of halogens is 1. The molecule has 0 unspecified atom stereocenters. The molecule has 0 bridgehead atoms. The number of alkyl halides is 1. The Bertz CT molecular complexity index is 2420. The van der Waals surface area contributed by atoms with E-state index in [1.165, 1.54) is 4.90 Å². The van der Waals surface area contributed by atoms with Crippen molar-refractivity contribution < 1.29 is 34.1 Å². The lowest BCUT2D eigenvalue weighted by Gasteiger charge is -2.35. The maximum atomic E-state index is 14.0. The molecule has 1 aromatic heterocycles. The molecule has 5 aromatic rings. The highest BCUT2D eigenvalue weighted by molar-refractivity contribution is 7.13. The van der Waals surface area contributed by atoms with Gasteiger partial charge in [-0.3, -0.25) is 19.2 Å². The summed E-state index contributed by atoms with van der Waals surface area (Å²) < 4.78 is 5.94. The van der Waals surface area contributed by atoms with Crippen LogP contribution in [0.4, 0.5) is 0 Å². The summed E-state index contributed by atoms with van der Waals surface area (Å²) in [6, 6.07) is 30.9. The van der Waals surface area contributed by atoms with Gasteiger partial charge in [0.1, 0.15) is 30.2 Å². The van der Waals surface area contributed by atoms with Gasteiger partial charge in [0.25, 0.3) is 0 Å². The number of aryl methyl sites for hydroxylation is 1. The molecule has 1 fully saturated rings. The van der Waals surface area contributed by atoms with Crippen molar-refractivity contribution in [3.8, 4) is 21.9 Å². The number of hydrogen-bond donors (Lipinski definition) is 5. The van der Waals surface area contributed by atoms with Crippen molar-refractivity contribution >= 4 is 57.7 Å². The summed E-state index contributed by atoms with van der Waals surface area (Å²) in [6.07, 6.45) is 0.218. The molecular formula is C51H58ClN5O7S. The van der Waals surface area contributed by atoms with Crippen molar-refractivity contribution in [3.05, 3.63) is 137 Å². The first-order valence-electron chi connectivity index (χ1n) is 21.9.